The molecule has 0 N–H and O–H groups in total. The summed E-state index contributed by atoms with van der Waals surface area (Å²) in [6.45, 7) is 0. The summed E-state index contributed by atoms with van der Waals surface area (Å²) in [7, 11) is 0. The molecule has 0 bridgehead atoms. The van der Waals surface area contributed by atoms with Crippen molar-refractivity contribution < 1.29 is 0 Å². The van der Waals surface area contributed by atoms with Crippen molar-refractivity contribution in [1.82, 2.24) is 0 Å². The predicted octanol–water partition coefficient (Wildman–Crippen LogP) is 4.22. The maximum absolute atomic E-state index is 2.90. The molecule has 5 aromatic carbocycles. The molecular weight excluding hydrogens is 411 g/mol. The third kappa shape index (κ3) is 3.11. The Hall–Kier alpha value is -3.08. The summed E-state index contributed by atoms with van der Waals surface area (Å²) in [5, 5.41) is 2.60. The SMILES string of the molecule is c1ccc([As+](c2ccccc2)(c2ccccc2)c2ccc3ccccc3c2)cc1. The van der Waals surface area contributed by atoms with Crippen molar-refractivity contribution in [3.63, 3.8) is 0 Å². The molecule has 0 aliphatic heterocycles. The minimum atomic E-state index is -2.90. The summed E-state index contributed by atoms with van der Waals surface area (Å²) < 4.78 is 5.78. The van der Waals surface area contributed by atoms with Crippen LogP contribution in [0.25, 0.3) is 10.8 Å². The topological polar surface area (TPSA) is 0 Å². The normalized spacial score (nSPS) is 11.4. The Morgan fingerprint density at radius 1 is 0.310 bits per heavy atom. The van der Waals surface area contributed by atoms with Gasteiger partial charge in [-0.15, -0.1) is 0 Å². The summed E-state index contributed by atoms with van der Waals surface area (Å²) in [6, 6.07) is 49.1. The van der Waals surface area contributed by atoms with Crippen LogP contribution in [-0.2, 0) is 0 Å². The van der Waals surface area contributed by atoms with E-state index in [1.807, 2.05) is 0 Å². The molecule has 29 heavy (non-hydrogen) atoms. The first-order valence-electron chi connectivity index (χ1n) is 9.94. The average Bonchev–Trinajstić information content (AvgIpc) is 2.82. The summed E-state index contributed by atoms with van der Waals surface area (Å²) in [4.78, 5) is 0. The van der Waals surface area contributed by atoms with Crippen LogP contribution in [0.1, 0.15) is 0 Å². The molecule has 0 unspecified atom stereocenters. The first kappa shape index (κ1) is 18.0. The molecule has 0 fully saturated rings. The molecule has 0 aliphatic rings. The van der Waals surface area contributed by atoms with Crippen molar-refractivity contribution in [3.8, 4) is 0 Å². The van der Waals surface area contributed by atoms with Crippen molar-refractivity contribution in [1.29, 1.82) is 0 Å². The van der Waals surface area contributed by atoms with Gasteiger partial charge in [-0.05, 0) is 0 Å². The summed E-state index contributed by atoms with van der Waals surface area (Å²) in [5.41, 5.74) is 0. The van der Waals surface area contributed by atoms with Crippen LogP contribution < -0.4 is 17.4 Å². The van der Waals surface area contributed by atoms with Crippen LogP contribution in [0.3, 0.4) is 0 Å². The van der Waals surface area contributed by atoms with Gasteiger partial charge < -0.3 is 0 Å². The van der Waals surface area contributed by atoms with Crippen LogP contribution in [0.4, 0.5) is 0 Å². The van der Waals surface area contributed by atoms with Gasteiger partial charge in [0, 0.05) is 0 Å². The number of fused-ring (bicyclic) bond motifs is 1. The van der Waals surface area contributed by atoms with Gasteiger partial charge in [-0.2, -0.15) is 0 Å². The Labute approximate surface area is 174 Å². The fourth-order valence-corrected chi connectivity index (χ4v) is 13.2. The Bertz CT molecular complexity index is 1130. The van der Waals surface area contributed by atoms with E-state index in [2.05, 4.69) is 133 Å². The predicted molar refractivity (Wildman–Crippen MR) is 128 cm³/mol. The van der Waals surface area contributed by atoms with E-state index in [0.717, 1.165) is 0 Å². The monoisotopic (exact) mass is 433 g/mol. The number of hydrogen-bond donors (Lipinski definition) is 0. The zero-order valence-corrected chi connectivity index (χ0v) is 18.0. The molecule has 0 nitrogen and oxygen atoms in total. The van der Waals surface area contributed by atoms with Crippen LogP contribution in [0.15, 0.2) is 133 Å². The first-order valence-corrected chi connectivity index (χ1v) is 13.7. The molecule has 5 rings (SSSR count). The van der Waals surface area contributed by atoms with Crippen LogP contribution in [0.2, 0.25) is 0 Å². The number of rotatable bonds is 4. The van der Waals surface area contributed by atoms with E-state index in [-0.39, 0.29) is 0 Å². The maximum atomic E-state index is 2.43. The summed E-state index contributed by atoms with van der Waals surface area (Å²) >= 11 is -2.90. The van der Waals surface area contributed by atoms with Gasteiger partial charge in [-0.1, -0.05) is 0 Å². The van der Waals surface area contributed by atoms with E-state index in [1.54, 1.807) is 0 Å². The van der Waals surface area contributed by atoms with Gasteiger partial charge in [0.15, 0.2) is 0 Å². The molecular formula is C28H22As+. The molecule has 0 saturated carbocycles. The van der Waals surface area contributed by atoms with Crippen LogP contribution in [-0.4, -0.2) is 13.6 Å². The van der Waals surface area contributed by atoms with Crippen molar-refractivity contribution in [3.05, 3.63) is 133 Å². The van der Waals surface area contributed by atoms with E-state index in [9.17, 15) is 0 Å². The Kier molecular flexibility index (Phi) is 4.80. The molecule has 0 atom stereocenters. The summed E-state index contributed by atoms with van der Waals surface area (Å²) in [6.07, 6.45) is 0. The molecule has 0 aromatic heterocycles. The van der Waals surface area contributed by atoms with E-state index >= 15 is 0 Å². The first-order chi connectivity index (χ1) is 14.4. The van der Waals surface area contributed by atoms with Crippen LogP contribution >= 0.6 is 0 Å². The number of hydrogen-bond acceptors (Lipinski definition) is 0. The van der Waals surface area contributed by atoms with E-state index in [1.165, 1.54) is 28.2 Å². The van der Waals surface area contributed by atoms with Gasteiger partial charge >= 0.3 is 175 Å². The zero-order valence-electron chi connectivity index (χ0n) is 16.1. The quantitative estimate of drug-likeness (QED) is 0.373. The molecule has 138 valence electrons. The van der Waals surface area contributed by atoms with Gasteiger partial charge in [0.2, 0.25) is 0 Å². The second-order valence-electron chi connectivity index (χ2n) is 7.21. The molecule has 0 spiro atoms. The zero-order chi connectivity index (χ0) is 19.5. The Morgan fingerprint density at radius 2 is 0.724 bits per heavy atom. The van der Waals surface area contributed by atoms with E-state index < -0.39 is 13.6 Å². The molecule has 0 aliphatic carbocycles. The molecule has 0 heterocycles. The minimum absolute atomic E-state index is 1.29. The van der Waals surface area contributed by atoms with E-state index in [0.29, 0.717) is 0 Å². The third-order valence-electron chi connectivity index (χ3n) is 5.55. The van der Waals surface area contributed by atoms with Gasteiger partial charge in [0.25, 0.3) is 0 Å². The molecule has 0 saturated heterocycles. The number of benzene rings is 5. The van der Waals surface area contributed by atoms with E-state index in [4.69, 9.17) is 0 Å². The fourth-order valence-electron chi connectivity index (χ4n) is 4.23. The standard InChI is InChI=1S/C28H22As/c1-4-14-25(15-5-1)29(26-16-6-2-7-17-26,27-18-8-3-9-19-27)28-21-20-23-12-10-11-13-24(23)22-28/h1-22H/q+1. The van der Waals surface area contributed by atoms with Gasteiger partial charge in [-0.3, -0.25) is 0 Å². The van der Waals surface area contributed by atoms with Crippen molar-refractivity contribution in [2.75, 3.05) is 0 Å². The summed E-state index contributed by atoms with van der Waals surface area (Å²) in [5.74, 6) is 0. The fraction of sp³-hybridized carbons (Fsp3) is 0. The van der Waals surface area contributed by atoms with Crippen molar-refractivity contribution in [2.45, 2.75) is 0 Å². The molecule has 1 heteroatoms. The Balaban J connectivity index is 1.92. The van der Waals surface area contributed by atoms with Gasteiger partial charge in [0.05, 0.1) is 0 Å². The molecule has 5 aromatic rings. The third-order valence-corrected chi connectivity index (χ3v) is 14.5. The average molecular weight is 433 g/mol. The van der Waals surface area contributed by atoms with Crippen LogP contribution in [0, 0.1) is 0 Å². The molecule has 0 radical (unpaired) electrons. The van der Waals surface area contributed by atoms with Gasteiger partial charge in [0.1, 0.15) is 0 Å². The van der Waals surface area contributed by atoms with Crippen molar-refractivity contribution in [2.24, 2.45) is 0 Å². The Morgan fingerprint density at radius 3 is 1.21 bits per heavy atom. The van der Waals surface area contributed by atoms with Crippen LogP contribution in [0.5, 0.6) is 0 Å². The molecule has 0 amide bonds. The second kappa shape index (κ2) is 7.74. The van der Waals surface area contributed by atoms with Crippen molar-refractivity contribution >= 4 is 41.7 Å². The second-order valence-corrected chi connectivity index (χ2v) is 14.4. The van der Waals surface area contributed by atoms with Gasteiger partial charge in [-0.25, -0.2) is 0 Å².